The van der Waals surface area contributed by atoms with Gasteiger partial charge in [0.15, 0.2) is 0 Å². The summed E-state index contributed by atoms with van der Waals surface area (Å²) in [6.07, 6.45) is 0. The van der Waals surface area contributed by atoms with Gasteiger partial charge in [-0.3, -0.25) is 0 Å². The minimum absolute atomic E-state index is 0.668. The molecule has 1 nitrogen and oxygen atoms in total. The van der Waals surface area contributed by atoms with Crippen molar-refractivity contribution in [1.82, 2.24) is 0 Å². The molecule has 0 aliphatic carbocycles. The van der Waals surface area contributed by atoms with Crippen molar-refractivity contribution in [3.8, 4) is 11.5 Å². The average Bonchev–Trinajstić information content (AvgIpc) is 2.16. The Morgan fingerprint density at radius 3 is 2.20 bits per heavy atom. The predicted octanol–water partition coefficient (Wildman–Crippen LogP) is 3.06. The minimum Gasteiger partial charge on any atom is -0.380 e. The third-order valence-corrected chi connectivity index (χ3v) is 2.72. The molecule has 0 amide bonds. The Labute approximate surface area is 93.5 Å². The van der Waals surface area contributed by atoms with Crippen LogP contribution >= 0.6 is 0 Å². The molecule has 0 atom stereocenters. The molecule has 0 aliphatic heterocycles. The van der Waals surface area contributed by atoms with E-state index in [-0.39, 0.29) is 0 Å². The monoisotopic (exact) mass is 218 g/mol. The molecular weight excluding hydrogens is 200 g/mol. The van der Waals surface area contributed by atoms with Gasteiger partial charge in [-0.25, -0.2) is 0 Å². The molecule has 0 spiro atoms. The molecule has 0 N–H and O–H groups in total. The molecule has 0 bridgehead atoms. The maximum absolute atomic E-state index is 5.05. The quantitative estimate of drug-likeness (QED) is 0.547. The molecule has 0 radical (unpaired) electrons. The summed E-state index contributed by atoms with van der Waals surface area (Å²) in [5, 5.41) is 0. The topological polar surface area (TPSA) is 9.23 Å². The standard InChI is InChI=1S/C13H18OSi/c1-14-11-13-7-5-12(6-8-13)9-10-15(2,3)4/h5-8H,11H2,1-4H3. The van der Waals surface area contributed by atoms with E-state index >= 15 is 0 Å². The molecule has 0 unspecified atom stereocenters. The van der Waals surface area contributed by atoms with Gasteiger partial charge in [0.25, 0.3) is 0 Å². The molecule has 0 heterocycles. The van der Waals surface area contributed by atoms with Gasteiger partial charge in [-0.05, 0) is 17.7 Å². The zero-order chi connectivity index (χ0) is 11.3. The maximum atomic E-state index is 5.05. The summed E-state index contributed by atoms with van der Waals surface area (Å²) < 4.78 is 5.05. The molecular formula is C13H18OSi. The van der Waals surface area contributed by atoms with Crippen molar-refractivity contribution in [2.45, 2.75) is 26.2 Å². The fraction of sp³-hybridized carbons (Fsp3) is 0.385. The summed E-state index contributed by atoms with van der Waals surface area (Å²) >= 11 is 0. The second-order valence-electron chi connectivity index (χ2n) is 4.63. The van der Waals surface area contributed by atoms with Gasteiger partial charge in [0.05, 0.1) is 6.61 Å². The molecule has 0 saturated heterocycles. The van der Waals surface area contributed by atoms with E-state index in [1.165, 1.54) is 5.56 Å². The maximum Gasteiger partial charge on any atom is 0.129 e. The van der Waals surface area contributed by atoms with Crippen molar-refractivity contribution in [3.05, 3.63) is 35.4 Å². The number of ether oxygens (including phenoxy) is 1. The Morgan fingerprint density at radius 1 is 1.13 bits per heavy atom. The average molecular weight is 218 g/mol. The van der Waals surface area contributed by atoms with Crippen LogP contribution in [0.4, 0.5) is 0 Å². The highest BCUT2D eigenvalue weighted by molar-refractivity contribution is 6.83. The largest absolute Gasteiger partial charge is 0.380 e. The lowest BCUT2D eigenvalue weighted by molar-refractivity contribution is 0.185. The summed E-state index contributed by atoms with van der Waals surface area (Å²) in [6.45, 7) is 7.42. The first kappa shape index (κ1) is 12.0. The summed E-state index contributed by atoms with van der Waals surface area (Å²) in [5.74, 6) is 3.22. The fourth-order valence-electron chi connectivity index (χ4n) is 1.11. The molecule has 0 fully saturated rings. The number of methoxy groups -OCH3 is 1. The number of rotatable bonds is 2. The van der Waals surface area contributed by atoms with Crippen LogP contribution in [-0.4, -0.2) is 15.2 Å². The minimum atomic E-state index is -1.25. The Hall–Kier alpha value is -1.04. The second-order valence-corrected chi connectivity index (χ2v) is 9.38. The number of hydrogen-bond donors (Lipinski definition) is 0. The second kappa shape index (κ2) is 5.15. The molecule has 0 aliphatic rings. The summed E-state index contributed by atoms with van der Waals surface area (Å²) in [6, 6.07) is 8.25. The highest BCUT2D eigenvalue weighted by atomic mass is 28.3. The van der Waals surface area contributed by atoms with Crippen molar-refractivity contribution in [2.24, 2.45) is 0 Å². The normalized spacial score (nSPS) is 10.7. The smallest absolute Gasteiger partial charge is 0.129 e. The van der Waals surface area contributed by atoms with Crippen LogP contribution in [0.5, 0.6) is 0 Å². The van der Waals surface area contributed by atoms with E-state index < -0.39 is 8.07 Å². The molecule has 1 aromatic carbocycles. The Morgan fingerprint density at radius 2 is 1.73 bits per heavy atom. The third-order valence-electron chi connectivity index (χ3n) is 1.85. The van der Waals surface area contributed by atoms with Gasteiger partial charge in [-0.15, -0.1) is 5.54 Å². The van der Waals surface area contributed by atoms with Crippen LogP contribution in [0.3, 0.4) is 0 Å². The van der Waals surface area contributed by atoms with E-state index in [2.05, 4.69) is 55.4 Å². The van der Waals surface area contributed by atoms with Crippen LogP contribution in [0.2, 0.25) is 19.6 Å². The zero-order valence-electron chi connectivity index (χ0n) is 9.92. The molecule has 0 aromatic heterocycles. The van der Waals surface area contributed by atoms with Crippen LogP contribution in [-0.2, 0) is 11.3 Å². The fourth-order valence-corrected chi connectivity index (χ4v) is 1.63. The van der Waals surface area contributed by atoms with Crippen LogP contribution in [0.25, 0.3) is 0 Å². The van der Waals surface area contributed by atoms with Crippen LogP contribution in [0.15, 0.2) is 24.3 Å². The molecule has 0 saturated carbocycles. The van der Waals surface area contributed by atoms with E-state index in [4.69, 9.17) is 4.74 Å². The van der Waals surface area contributed by atoms with E-state index in [0.717, 1.165) is 5.56 Å². The van der Waals surface area contributed by atoms with E-state index in [9.17, 15) is 0 Å². The summed E-state index contributed by atoms with van der Waals surface area (Å²) in [5.41, 5.74) is 5.63. The van der Waals surface area contributed by atoms with Gasteiger partial charge in [-0.2, -0.15) is 0 Å². The van der Waals surface area contributed by atoms with Gasteiger partial charge < -0.3 is 4.74 Å². The summed E-state index contributed by atoms with van der Waals surface area (Å²) in [4.78, 5) is 0. The van der Waals surface area contributed by atoms with Crippen molar-refractivity contribution in [1.29, 1.82) is 0 Å². The van der Waals surface area contributed by atoms with Gasteiger partial charge in [0, 0.05) is 12.7 Å². The SMILES string of the molecule is COCc1ccc(C#C[Si](C)(C)C)cc1. The van der Waals surface area contributed by atoms with Gasteiger partial charge in [-0.1, -0.05) is 37.7 Å². The zero-order valence-corrected chi connectivity index (χ0v) is 10.9. The van der Waals surface area contributed by atoms with E-state index in [1.54, 1.807) is 7.11 Å². The number of benzene rings is 1. The Kier molecular flexibility index (Phi) is 4.13. The van der Waals surface area contributed by atoms with E-state index in [0.29, 0.717) is 6.61 Å². The van der Waals surface area contributed by atoms with Crippen LogP contribution in [0, 0.1) is 11.5 Å². The lowest BCUT2D eigenvalue weighted by Gasteiger charge is -2.03. The molecule has 1 aromatic rings. The van der Waals surface area contributed by atoms with Crippen molar-refractivity contribution in [2.75, 3.05) is 7.11 Å². The first-order chi connectivity index (χ1) is 7.01. The van der Waals surface area contributed by atoms with Crippen molar-refractivity contribution in [3.63, 3.8) is 0 Å². The lowest BCUT2D eigenvalue weighted by Crippen LogP contribution is -2.16. The van der Waals surface area contributed by atoms with Gasteiger partial charge in [0.2, 0.25) is 0 Å². The first-order valence-electron chi connectivity index (χ1n) is 5.12. The Balaban J connectivity index is 2.75. The first-order valence-corrected chi connectivity index (χ1v) is 8.62. The highest BCUT2D eigenvalue weighted by Gasteiger charge is 2.07. The molecule has 80 valence electrons. The van der Waals surface area contributed by atoms with Crippen molar-refractivity contribution >= 4 is 8.07 Å². The molecule has 15 heavy (non-hydrogen) atoms. The summed E-state index contributed by atoms with van der Waals surface area (Å²) in [7, 11) is 0.453. The molecule has 1 rings (SSSR count). The number of hydrogen-bond acceptors (Lipinski definition) is 1. The van der Waals surface area contributed by atoms with Gasteiger partial charge in [0.1, 0.15) is 8.07 Å². The predicted molar refractivity (Wildman–Crippen MR) is 67.4 cm³/mol. The Bertz CT molecular complexity index is 362. The van der Waals surface area contributed by atoms with Gasteiger partial charge >= 0.3 is 0 Å². The highest BCUT2D eigenvalue weighted by Crippen LogP contribution is 2.05. The third kappa shape index (κ3) is 4.82. The van der Waals surface area contributed by atoms with Crippen LogP contribution in [0.1, 0.15) is 11.1 Å². The van der Waals surface area contributed by atoms with E-state index in [1.807, 2.05) is 0 Å². The van der Waals surface area contributed by atoms with Crippen LogP contribution < -0.4 is 0 Å². The molecule has 2 heteroatoms. The van der Waals surface area contributed by atoms with Crippen molar-refractivity contribution < 1.29 is 4.74 Å². The lowest BCUT2D eigenvalue weighted by atomic mass is 10.1.